The fourth-order valence-corrected chi connectivity index (χ4v) is 3.63. The normalized spacial score (nSPS) is 19.4. The first-order chi connectivity index (χ1) is 13.3. The van der Waals surface area contributed by atoms with E-state index < -0.39 is 23.7 Å². The number of rotatable bonds is 3. The van der Waals surface area contributed by atoms with Crippen LogP contribution in [-0.2, 0) is 15.7 Å². The predicted octanol–water partition coefficient (Wildman–Crippen LogP) is 2.17. The zero-order valence-electron chi connectivity index (χ0n) is 15.9. The summed E-state index contributed by atoms with van der Waals surface area (Å²) in [6.07, 6.45) is -3.00. The topological polar surface area (TPSA) is 75.9 Å². The van der Waals surface area contributed by atoms with Crippen LogP contribution in [0.25, 0.3) is 0 Å². The molecular formula is C19H25ClF3N3O3. The highest BCUT2D eigenvalue weighted by atomic mass is 35.5. The van der Waals surface area contributed by atoms with Crippen molar-refractivity contribution in [2.24, 2.45) is 11.7 Å². The number of halogens is 4. The van der Waals surface area contributed by atoms with Crippen LogP contribution >= 0.6 is 12.4 Å². The third-order valence-electron chi connectivity index (χ3n) is 5.37. The number of benzene rings is 1. The van der Waals surface area contributed by atoms with Crippen LogP contribution in [0.3, 0.4) is 0 Å². The lowest BCUT2D eigenvalue weighted by molar-refractivity contribution is -0.138. The van der Waals surface area contributed by atoms with Gasteiger partial charge in [0.25, 0.3) is 5.91 Å². The number of nitrogens with zero attached hydrogens (tertiary/aromatic N) is 2. The summed E-state index contributed by atoms with van der Waals surface area (Å²) in [5.74, 6) is -0.518. The number of carbonyl (C=O) groups excluding carboxylic acids is 2. The molecule has 1 aromatic carbocycles. The lowest BCUT2D eigenvalue weighted by Gasteiger charge is -2.37. The van der Waals surface area contributed by atoms with E-state index in [1.54, 1.807) is 4.90 Å². The maximum Gasteiger partial charge on any atom is 0.416 e. The summed E-state index contributed by atoms with van der Waals surface area (Å²) < 4.78 is 43.9. The van der Waals surface area contributed by atoms with Gasteiger partial charge in [0.05, 0.1) is 11.6 Å². The molecule has 10 heteroatoms. The van der Waals surface area contributed by atoms with Crippen LogP contribution in [0.15, 0.2) is 24.3 Å². The number of amides is 2. The minimum atomic E-state index is -4.50. The number of piperazine rings is 1. The molecule has 29 heavy (non-hydrogen) atoms. The third-order valence-corrected chi connectivity index (χ3v) is 5.37. The van der Waals surface area contributed by atoms with E-state index >= 15 is 0 Å². The summed E-state index contributed by atoms with van der Waals surface area (Å²) in [7, 11) is 0. The van der Waals surface area contributed by atoms with Gasteiger partial charge in [0.2, 0.25) is 5.91 Å². The van der Waals surface area contributed by atoms with Crippen LogP contribution in [-0.4, -0.2) is 67.0 Å². The Kier molecular flexibility index (Phi) is 7.90. The second-order valence-corrected chi connectivity index (χ2v) is 7.17. The number of hydrogen-bond acceptors (Lipinski definition) is 4. The van der Waals surface area contributed by atoms with Gasteiger partial charge in [0, 0.05) is 45.0 Å². The fraction of sp³-hybridized carbons (Fsp3) is 0.579. The molecule has 2 aliphatic heterocycles. The largest absolute Gasteiger partial charge is 0.416 e. The average molecular weight is 436 g/mol. The molecule has 2 fully saturated rings. The molecular weight excluding hydrogens is 411 g/mol. The van der Waals surface area contributed by atoms with E-state index in [2.05, 4.69) is 0 Å². The molecule has 0 aromatic heterocycles. The van der Waals surface area contributed by atoms with Crippen LogP contribution in [0.1, 0.15) is 28.8 Å². The van der Waals surface area contributed by atoms with Gasteiger partial charge in [0.1, 0.15) is 0 Å². The lowest BCUT2D eigenvalue weighted by Crippen LogP contribution is -2.56. The zero-order chi connectivity index (χ0) is 20.3. The summed E-state index contributed by atoms with van der Waals surface area (Å²) in [4.78, 5) is 28.3. The lowest BCUT2D eigenvalue weighted by atomic mass is 9.91. The summed E-state index contributed by atoms with van der Waals surface area (Å²) >= 11 is 0. The predicted molar refractivity (Wildman–Crippen MR) is 103 cm³/mol. The Hall–Kier alpha value is -1.84. The first kappa shape index (κ1) is 23.4. The Morgan fingerprint density at radius 1 is 1.07 bits per heavy atom. The number of carbonyl (C=O) groups is 2. The van der Waals surface area contributed by atoms with Gasteiger partial charge in [-0.2, -0.15) is 13.2 Å². The zero-order valence-corrected chi connectivity index (χ0v) is 16.7. The minimum Gasteiger partial charge on any atom is -0.381 e. The van der Waals surface area contributed by atoms with Crippen LogP contribution in [0, 0.1) is 5.92 Å². The fourth-order valence-electron chi connectivity index (χ4n) is 3.63. The van der Waals surface area contributed by atoms with E-state index in [4.69, 9.17) is 10.5 Å². The van der Waals surface area contributed by atoms with Gasteiger partial charge in [-0.1, -0.05) is 6.07 Å². The van der Waals surface area contributed by atoms with Gasteiger partial charge in [-0.05, 0) is 37.0 Å². The maximum atomic E-state index is 12.9. The molecule has 2 saturated heterocycles. The molecule has 0 radical (unpaired) electrons. The summed E-state index contributed by atoms with van der Waals surface area (Å²) in [5.41, 5.74) is 5.27. The van der Waals surface area contributed by atoms with E-state index in [9.17, 15) is 22.8 Å². The van der Waals surface area contributed by atoms with E-state index in [0.29, 0.717) is 26.3 Å². The molecule has 2 aliphatic rings. The van der Waals surface area contributed by atoms with Gasteiger partial charge in [0.15, 0.2) is 0 Å². The molecule has 0 saturated carbocycles. The minimum absolute atomic E-state index is 0. The van der Waals surface area contributed by atoms with Crippen molar-refractivity contribution in [1.29, 1.82) is 0 Å². The van der Waals surface area contributed by atoms with E-state index in [1.165, 1.54) is 17.0 Å². The molecule has 0 aliphatic carbocycles. The number of alkyl halides is 3. The Balaban J connectivity index is 0.00000300. The first-order valence-corrected chi connectivity index (χ1v) is 9.36. The van der Waals surface area contributed by atoms with Crippen molar-refractivity contribution in [1.82, 2.24) is 9.80 Å². The SMILES string of the molecule is Cl.NC(C(=O)N1CCN(C(=O)c2cccc(C(F)(F)F)c2)CC1)C1CCOCC1. The van der Waals surface area contributed by atoms with Crippen molar-refractivity contribution in [2.45, 2.75) is 25.1 Å². The Morgan fingerprint density at radius 3 is 2.24 bits per heavy atom. The molecule has 0 bridgehead atoms. The van der Waals surface area contributed by atoms with Gasteiger partial charge in [-0.15, -0.1) is 12.4 Å². The monoisotopic (exact) mass is 435 g/mol. The van der Waals surface area contributed by atoms with Gasteiger partial charge in [-0.25, -0.2) is 0 Å². The molecule has 6 nitrogen and oxygen atoms in total. The second kappa shape index (κ2) is 9.77. The van der Waals surface area contributed by atoms with Crippen LogP contribution in [0.5, 0.6) is 0 Å². The van der Waals surface area contributed by atoms with Crippen LogP contribution < -0.4 is 5.73 Å². The van der Waals surface area contributed by atoms with Crippen LogP contribution in [0.2, 0.25) is 0 Å². The Bertz CT molecular complexity index is 718. The maximum absolute atomic E-state index is 12.9. The quantitative estimate of drug-likeness (QED) is 0.789. The smallest absolute Gasteiger partial charge is 0.381 e. The third kappa shape index (κ3) is 5.61. The molecule has 0 spiro atoms. The standard InChI is InChI=1S/C19H24F3N3O3.ClH/c20-19(21,22)15-3-1-2-14(12-15)17(26)24-6-8-25(9-7-24)18(27)16(23)13-4-10-28-11-5-13;/h1-3,12-13,16H,4-11,23H2;1H. The number of hydrogen-bond donors (Lipinski definition) is 1. The van der Waals surface area contributed by atoms with Crippen molar-refractivity contribution in [3.8, 4) is 0 Å². The molecule has 2 N–H and O–H groups in total. The molecule has 2 amide bonds. The van der Waals surface area contributed by atoms with Crippen molar-refractivity contribution < 1.29 is 27.5 Å². The highest BCUT2D eigenvalue weighted by molar-refractivity contribution is 5.94. The highest BCUT2D eigenvalue weighted by Crippen LogP contribution is 2.30. The van der Waals surface area contributed by atoms with Crippen molar-refractivity contribution in [3.05, 3.63) is 35.4 Å². The summed E-state index contributed by atoms with van der Waals surface area (Å²) in [6, 6.07) is 3.81. The molecule has 2 heterocycles. The van der Waals surface area contributed by atoms with Crippen LogP contribution in [0.4, 0.5) is 13.2 Å². The van der Waals surface area contributed by atoms with Gasteiger partial charge < -0.3 is 20.3 Å². The van der Waals surface area contributed by atoms with E-state index in [0.717, 1.165) is 25.0 Å². The van der Waals surface area contributed by atoms with Crippen molar-refractivity contribution in [3.63, 3.8) is 0 Å². The summed E-state index contributed by atoms with van der Waals surface area (Å²) in [6.45, 7) is 2.37. The molecule has 3 rings (SSSR count). The van der Waals surface area contributed by atoms with E-state index in [-0.39, 0.29) is 42.9 Å². The molecule has 1 unspecified atom stereocenters. The highest BCUT2D eigenvalue weighted by Gasteiger charge is 2.34. The molecule has 162 valence electrons. The Labute approximate surface area is 173 Å². The summed E-state index contributed by atoms with van der Waals surface area (Å²) in [5, 5.41) is 0. The number of ether oxygens (including phenoxy) is 1. The first-order valence-electron chi connectivity index (χ1n) is 9.36. The van der Waals surface area contributed by atoms with Gasteiger partial charge >= 0.3 is 6.18 Å². The Morgan fingerprint density at radius 2 is 1.66 bits per heavy atom. The van der Waals surface area contributed by atoms with E-state index in [1.807, 2.05) is 0 Å². The second-order valence-electron chi connectivity index (χ2n) is 7.17. The molecule has 1 aromatic rings. The average Bonchev–Trinajstić information content (AvgIpc) is 2.72. The number of nitrogens with two attached hydrogens (primary N) is 1. The van der Waals surface area contributed by atoms with Crippen molar-refractivity contribution >= 4 is 24.2 Å². The van der Waals surface area contributed by atoms with Crippen molar-refractivity contribution in [2.75, 3.05) is 39.4 Å². The van der Waals surface area contributed by atoms with Gasteiger partial charge in [-0.3, -0.25) is 9.59 Å². The molecule has 1 atom stereocenters.